The first-order chi connectivity index (χ1) is 8.09. The van der Waals surface area contributed by atoms with Crippen LogP contribution in [-0.2, 0) is 4.74 Å². The predicted octanol–water partition coefficient (Wildman–Crippen LogP) is 0.520. The molecule has 4 nitrogen and oxygen atoms in total. The molecule has 0 saturated carbocycles. The Morgan fingerprint density at radius 1 is 1.24 bits per heavy atom. The molecule has 0 spiro atoms. The van der Waals surface area contributed by atoms with Gasteiger partial charge in [0.2, 0.25) is 0 Å². The molecule has 2 saturated heterocycles. The Morgan fingerprint density at radius 3 is 2.35 bits per heavy atom. The molecule has 100 valence electrons. The van der Waals surface area contributed by atoms with Crippen molar-refractivity contribution in [1.82, 2.24) is 9.80 Å². The summed E-state index contributed by atoms with van der Waals surface area (Å²) in [6.07, 6.45) is 4.58. The normalized spacial score (nSPS) is 27.5. The molecule has 2 aliphatic heterocycles. The van der Waals surface area contributed by atoms with Crippen LogP contribution in [0.3, 0.4) is 0 Å². The summed E-state index contributed by atoms with van der Waals surface area (Å²) in [5.74, 6) is 0. The second-order valence-electron chi connectivity index (χ2n) is 5.95. The van der Waals surface area contributed by atoms with Crippen LogP contribution < -0.4 is 5.73 Å². The summed E-state index contributed by atoms with van der Waals surface area (Å²) < 4.78 is 5.40. The van der Waals surface area contributed by atoms with Crippen LogP contribution >= 0.6 is 0 Å². The highest BCUT2D eigenvalue weighted by Gasteiger charge is 2.31. The first-order valence-electron chi connectivity index (χ1n) is 6.84. The van der Waals surface area contributed by atoms with E-state index in [0.29, 0.717) is 0 Å². The molecule has 2 rings (SSSR count). The summed E-state index contributed by atoms with van der Waals surface area (Å²) >= 11 is 0. The van der Waals surface area contributed by atoms with Crippen molar-refractivity contribution in [3.05, 3.63) is 0 Å². The highest BCUT2D eigenvalue weighted by Crippen LogP contribution is 2.22. The van der Waals surface area contributed by atoms with Crippen molar-refractivity contribution in [2.75, 3.05) is 46.9 Å². The zero-order valence-corrected chi connectivity index (χ0v) is 11.3. The molecule has 2 fully saturated rings. The van der Waals surface area contributed by atoms with Crippen molar-refractivity contribution in [1.29, 1.82) is 0 Å². The zero-order valence-electron chi connectivity index (χ0n) is 11.3. The topological polar surface area (TPSA) is 41.7 Å². The Kier molecular flexibility index (Phi) is 4.42. The van der Waals surface area contributed by atoms with Crippen molar-refractivity contribution in [2.24, 2.45) is 5.73 Å². The summed E-state index contributed by atoms with van der Waals surface area (Å²) in [6, 6.07) is 0.759. The number of nitrogens with two attached hydrogens (primary N) is 1. The van der Waals surface area contributed by atoms with Gasteiger partial charge in [-0.25, -0.2) is 0 Å². The minimum Gasteiger partial charge on any atom is -0.381 e. The van der Waals surface area contributed by atoms with E-state index >= 15 is 0 Å². The molecule has 4 heteroatoms. The van der Waals surface area contributed by atoms with E-state index in [2.05, 4.69) is 23.9 Å². The molecule has 2 N–H and O–H groups in total. The van der Waals surface area contributed by atoms with Gasteiger partial charge in [0.25, 0.3) is 0 Å². The van der Waals surface area contributed by atoms with Crippen molar-refractivity contribution < 1.29 is 4.74 Å². The molecule has 0 aromatic rings. The van der Waals surface area contributed by atoms with Gasteiger partial charge in [-0.1, -0.05) is 0 Å². The van der Waals surface area contributed by atoms with E-state index in [-0.39, 0.29) is 5.54 Å². The number of hydrogen-bond donors (Lipinski definition) is 1. The molecular weight excluding hydrogens is 214 g/mol. The Morgan fingerprint density at radius 2 is 1.82 bits per heavy atom. The van der Waals surface area contributed by atoms with E-state index < -0.39 is 0 Å². The van der Waals surface area contributed by atoms with E-state index in [9.17, 15) is 0 Å². The van der Waals surface area contributed by atoms with E-state index in [4.69, 9.17) is 10.5 Å². The van der Waals surface area contributed by atoms with Crippen LogP contribution in [0.5, 0.6) is 0 Å². The summed E-state index contributed by atoms with van der Waals surface area (Å²) in [5.41, 5.74) is 6.46. The van der Waals surface area contributed by atoms with Crippen LogP contribution in [-0.4, -0.2) is 68.3 Å². The first-order valence-corrected chi connectivity index (χ1v) is 6.84. The Labute approximate surface area is 105 Å². The third-order valence-corrected chi connectivity index (χ3v) is 4.31. The van der Waals surface area contributed by atoms with Crippen LogP contribution in [0.1, 0.15) is 25.7 Å². The molecule has 2 heterocycles. The van der Waals surface area contributed by atoms with E-state index in [1.54, 1.807) is 0 Å². The molecule has 0 amide bonds. The molecule has 0 unspecified atom stereocenters. The summed E-state index contributed by atoms with van der Waals surface area (Å²) in [5, 5.41) is 0. The van der Waals surface area contributed by atoms with Crippen LogP contribution in [0.15, 0.2) is 0 Å². The smallest absolute Gasteiger partial charge is 0.0484 e. The van der Waals surface area contributed by atoms with Gasteiger partial charge in [-0.2, -0.15) is 0 Å². The largest absolute Gasteiger partial charge is 0.381 e. The summed E-state index contributed by atoms with van der Waals surface area (Å²) in [7, 11) is 4.37. The van der Waals surface area contributed by atoms with Crippen molar-refractivity contribution in [3.8, 4) is 0 Å². The van der Waals surface area contributed by atoms with Gasteiger partial charge in [-0.3, -0.25) is 0 Å². The average molecular weight is 241 g/mol. The molecule has 2 aliphatic rings. The summed E-state index contributed by atoms with van der Waals surface area (Å²) in [4.78, 5) is 4.90. The van der Waals surface area contributed by atoms with Crippen molar-refractivity contribution >= 4 is 0 Å². The second-order valence-corrected chi connectivity index (χ2v) is 5.95. The Hall–Kier alpha value is -0.160. The van der Waals surface area contributed by atoms with Gasteiger partial charge in [0, 0.05) is 31.3 Å². The van der Waals surface area contributed by atoms with Crippen molar-refractivity contribution in [2.45, 2.75) is 37.3 Å². The Balaban J connectivity index is 1.77. The van der Waals surface area contributed by atoms with Crippen LogP contribution in [0.25, 0.3) is 0 Å². The van der Waals surface area contributed by atoms with Gasteiger partial charge in [-0.15, -0.1) is 0 Å². The maximum absolute atomic E-state index is 6.45. The molecule has 0 bridgehead atoms. The fourth-order valence-corrected chi connectivity index (χ4v) is 2.98. The average Bonchev–Trinajstić information content (AvgIpc) is 2.30. The van der Waals surface area contributed by atoms with E-state index in [0.717, 1.165) is 38.6 Å². The van der Waals surface area contributed by atoms with E-state index in [1.807, 2.05) is 0 Å². The number of nitrogens with zero attached hydrogens (tertiary/aromatic N) is 2. The monoisotopic (exact) mass is 241 g/mol. The standard InChI is InChI=1S/C13H27N3O/c1-15(2)12-3-7-16(8-4-12)11-13(14)5-9-17-10-6-13/h12H,3-11,14H2,1-2H3. The first kappa shape index (κ1) is 13.3. The molecule has 0 atom stereocenters. The lowest BCUT2D eigenvalue weighted by atomic mass is 9.89. The number of piperidine rings is 1. The maximum atomic E-state index is 6.45. The number of likely N-dealkylation sites (tertiary alicyclic amines) is 1. The van der Waals surface area contributed by atoms with Gasteiger partial charge >= 0.3 is 0 Å². The third kappa shape index (κ3) is 3.65. The fourth-order valence-electron chi connectivity index (χ4n) is 2.98. The zero-order chi connectivity index (χ0) is 12.3. The lowest BCUT2D eigenvalue weighted by molar-refractivity contribution is 0.0302. The summed E-state index contributed by atoms with van der Waals surface area (Å²) in [6.45, 7) is 5.12. The molecule has 17 heavy (non-hydrogen) atoms. The second kappa shape index (κ2) is 5.65. The molecule has 0 aliphatic carbocycles. The highest BCUT2D eigenvalue weighted by atomic mass is 16.5. The molecule has 0 aromatic heterocycles. The van der Waals surface area contributed by atoms with Gasteiger partial charge in [0.15, 0.2) is 0 Å². The van der Waals surface area contributed by atoms with Gasteiger partial charge in [0.05, 0.1) is 0 Å². The van der Waals surface area contributed by atoms with E-state index in [1.165, 1.54) is 25.9 Å². The molecular formula is C13H27N3O. The predicted molar refractivity (Wildman–Crippen MR) is 70.1 cm³/mol. The SMILES string of the molecule is CN(C)C1CCN(CC2(N)CCOCC2)CC1. The number of hydrogen-bond acceptors (Lipinski definition) is 4. The van der Waals surface area contributed by atoms with Crippen molar-refractivity contribution in [3.63, 3.8) is 0 Å². The molecule has 0 radical (unpaired) electrons. The maximum Gasteiger partial charge on any atom is 0.0484 e. The molecule has 0 aromatic carbocycles. The van der Waals surface area contributed by atoms with Crippen LogP contribution in [0.4, 0.5) is 0 Å². The minimum atomic E-state index is 0.00318. The quantitative estimate of drug-likeness (QED) is 0.782. The minimum absolute atomic E-state index is 0.00318. The lowest BCUT2D eigenvalue weighted by Gasteiger charge is -2.41. The van der Waals surface area contributed by atoms with Gasteiger partial charge in [0.1, 0.15) is 0 Å². The highest BCUT2D eigenvalue weighted by molar-refractivity contribution is 4.91. The van der Waals surface area contributed by atoms with Gasteiger partial charge in [-0.05, 0) is 52.9 Å². The number of ether oxygens (including phenoxy) is 1. The lowest BCUT2D eigenvalue weighted by Crippen LogP contribution is -2.55. The third-order valence-electron chi connectivity index (χ3n) is 4.31. The van der Waals surface area contributed by atoms with Crippen LogP contribution in [0, 0.1) is 0 Å². The Bertz CT molecular complexity index is 231. The van der Waals surface area contributed by atoms with Gasteiger partial charge < -0.3 is 20.3 Å². The number of rotatable bonds is 3. The van der Waals surface area contributed by atoms with Crippen LogP contribution in [0.2, 0.25) is 0 Å². The fraction of sp³-hybridized carbons (Fsp3) is 1.00.